The van der Waals surface area contributed by atoms with Crippen LogP contribution in [0.25, 0.3) is 0 Å². The number of alkyl halides is 1. The van der Waals surface area contributed by atoms with E-state index in [1.165, 1.54) is 6.07 Å². The van der Waals surface area contributed by atoms with Crippen LogP contribution in [0.4, 0.5) is 4.39 Å². The third-order valence-electron chi connectivity index (χ3n) is 2.33. The summed E-state index contributed by atoms with van der Waals surface area (Å²) >= 11 is 12.5. The number of hydrogen-bond acceptors (Lipinski definition) is 1. The Balaban J connectivity index is 2.34. The molecule has 0 bridgehead atoms. The van der Waals surface area contributed by atoms with Gasteiger partial charge in [-0.1, -0.05) is 33.6 Å². The van der Waals surface area contributed by atoms with E-state index in [1.807, 2.05) is 0 Å². The molecule has 2 rings (SSSR count). The zero-order valence-electron chi connectivity index (χ0n) is 9.09. The average molecular weight is 394 g/mol. The molecule has 0 heterocycles. The van der Waals surface area contributed by atoms with Crippen LogP contribution in [0.3, 0.4) is 0 Å². The number of ether oxygens (including phenoxy) is 1. The summed E-state index contributed by atoms with van der Waals surface area (Å²) in [7, 11) is 0. The summed E-state index contributed by atoms with van der Waals surface area (Å²) in [6, 6.07) is 9.98. The Hall–Kier alpha value is -0.580. The Morgan fingerprint density at radius 2 is 2.00 bits per heavy atom. The van der Waals surface area contributed by atoms with Gasteiger partial charge in [0.05, 0.1) is 4.47 Å². The van der Waals surface area contributed by atoms with Crippen molar-refractivity contribution < 1.29 is 9.13 Å². The van der Waals surface area contributed by atoms with Gasteiger partial charge >= 0.3 is 0 Å². The SMILES string of the molecule is Fc1cc(Oc2cccc(Cl)c2CBr)ccc1Br. The lowest BCUT2D eigenvalue weighted by Gasteiger charge is -2.11. The van der Waals surface area contributed by atoms with Gasteiger partial charge in [0.2, 0.25) is 0 Å². The van der Waals surface area contributed by atoms with Gasteiger partial charge in [0.1, 0.15) is 17.3 Å². The van der Waals surface area contributed by atoms with Crippen molar-refractivity contribution in [1.82, 2.24) is 0 Å². The maximum atomic E-state index is 13.4. The fourth-order valence-electron chi connectivity index (χ4n) is 1.43. The molecule has 0 amide bonds. The van der Waals surface area contributed by atoms with Crippen molar-refractivity contribution in [3.63, 3.8) is 0 Å². The van der Waals surface area contributed by atoms with Crippen molar-refractivity contribution in [3.05, 3.63) is 57.3 Å². The topological polar surface area (TPSA) is 9.23 Å². The summed E-state index contributed by atoms with van der Waals surface area (Å²) in [5.74, 6) is 0.677. The van der Waals surface area contributed by atoms with E-state index >= 15 is 0 Å². The largest absolute Gasteiger partial charge is 0.457 e. The van der Waals surface area contributed by atoms with Crippen molar-refractivity contribution in [1.29, 1.82) is 0 Å². The molecule has 94 valence electrons. The molecule has 5 heteroatoms. The molecule has 1 nitrogen and oxygen atoms in total. The molecule has 0 saturated heterocycles. The van der Waals surface area contributed by atoms with Crippen LogP contribution in [-0.4, -0.2) is 0 Å². The van der Waals surface area contributed by atoms with Crippen molar-refractivity contribution in [3.8, 4) is 11.5 Å². The van der Waals surface area contributed by atoms with Crippen molar-refractivity contribution in [2.45, 2.75) is 5.33 Å². The zero-order valence-corrected chi connectivity index (χ0v) is 13.0. The zero-order chi connectivity index (χ0) is 13.1. The first kappa shape index (κ1) is 13.8. The molecular weight excluding hydrogens is 386 g/mol. The molecule has 0 aromatic heterocycles. The Morgan fingerprint density at radius 3 is 2.67 bits per heavy atom. The predicted octanol–water partition coefficient (Wildman–Crippen LogP) is 5.93. The van der Waals surface area contributed by atoms with E-state index in [-0.39, 0.29) is 5.82 Å². The highest BCUT2D eigenvalue weighted by Crippen LogP contribution is 2.33. The number of halogens is 4. The molecule has 0 unspecified atom stereocenters. The fourth-order valence-corrected chi connectivity index (χ4v) is 2.65. The van der Waals surface area contributed by atoms with E-state index < -0.39 is 0 Å². The van der Waals surface area contributed by atoms with Gasteiger partial charge in [-0.15, -0.1) is 0 Å². The fraction of sp³-hybridized carbons (Fsp3) is 0.0769. The lowest BCUT2D eigenvalue weighted by Crippen LogP contribution is -1.91. The van der Waals surface area contributed by atoms with Crippen LogP contribution in [-0.2, 0) is 5.33 Å². The monoisotopic (exact) mass is 392 g/mol. The van der Waals surface area contributed by atoms with E-state index in [1.54, 1.807) is 30.3 Å². The van der Waals surface area contributed by atoms with Crippen LogP contribution in [0.2, 0.25) is 5.02 Å². The highest BCUT2D eigenvalue weighted by Gasteiger charge is 2.09. The third kappa shape index (κ3) is 3.05. The van der Waals surface area contributed by atoms with Gasteiger partial charge in [0, 0.05) is 22.0 Å². The Bertz CT molecular complexity index is 575. The first-order valence-electron chi connectivity index (χ1n) is 5.08. The molecule has 18 heavy (non-hydrogen) atoms. The molecule has 0 aliphatic heterocycles. The smallest absolute Gasteiger partial charge is 0.141 e. The van der Waals surface area contributed by atoms with Gasteiger partial charge in [0.15, 0.2) is 0 Å². The summed E-state index contributed by atoms with van der Waals surface area (Å²) in [6.07, 6.45) is 0. The molecular formula is C13H8Br2ClFO. The predicted molar refractivity (Wildman–Crippen MR) is 78.3 cm³/mol. The molecule has 0 aliphatic rings. The minimum absolute atomic E-state index is 0.366. The van der Waals surface area contributed by atoms with Crippen LogP contribution >= 0.6 is 43.5 Å². The maximum Gasteiger partial charge on any atom is 0.141 e. The maximum absolute atomic E-state index is 13.4. The number of rotatable bonds is 3. The highest BCUT2D eigenvalue weighted by atomic mass is 79.9. The van der Waals surface area contributed by atoms with Gasteiger partial charge in [-0.3, -0.25) is 0 Å². The van der Waals surface area contributed by atoms with Gasteiger partial charge in [0.25, 0.3) is 0 Å². The molecule has 2 aromatic carbocycles. The van der Waals surface area contributed by atoms with Gasteiger partial charge < -0.3 is 4.74 Å². The van der Waals surface area contributed by atoms with Crippen LogP contribution in [0.15, 0.2) is 40.9 Å². The Kier molecular flexibility index (Phi) is 4.65. The number of hydrogen-bond donors (Lipinski definition) is 0. The normalized spacial score (nSPS) is 10.4. The van der Waals surface area contributed by atoms with Gasteiger partial charge in [-0.05, 0) is 40.2 Å². The summed E-state index contributed by atoms with van der Waals surface area (Å²) in [6.45, 7) is 0. The minimum Gasteiger partial charge on any atom is -0.457 e. The first-order chi connectivity index (χ1) is 8.61. The van der Waals surface area contributed by atoms with Crippen LogP contribution in [0.5, 0.6) is 11.5 Å². The number of benzene rings is 2. The van der Waals surface area contributed by atoms with Gasteiger partial charge in [-0.2, -0.15) is 0 Å². The van der Waals surface area contributed by atoms with Crippen molar-refractivity contribution in [2.75, 3.05) is 0 Å². The molecule has 0 aliphatic carbocycles. The summed E-state index contributed by atoms with van der Waals surface area (Å²) in [4.78, 5) is 0. The molecule has 2 aromatic rings. The van der Waals surface area contributed by atoms with Crippen molar-refractivity contribution >= 4 is 43.5 Å². The van der Waals surface area contributed by atoms with E-state index in [0.717, 1.165) is 5.56 Å². The van der Waals surface area contributed by atoms with E-state index in [4.69, 9.17) is 16.3 Å². The second-order valence-corrected chi connectivity index (χ2v) is 5.35. The standard InChI is InChI=1S/C13H8Br2ClFO/c14-7-9-11(16)2-1-3-13(9)18-8-4-5-10(15)12(17)6-8/h1-6H,7H2. The Morgan fingerprint density at radius 1 is 1.22 bits per heavy atom. The summed E-state index contributed by atoms with van der Waals surface area (Å²) in [5, 5.41) is 1.18. The lowest BCUT2D eigenvalue weighted by molar-refractivity contribution is 0.472. The lowest BCUT2D eigenvalue weighted by atomic mass is 10.2. The molecule has 0 saturated carbocycles. The van der Waals surface area contributed by atoms with E-state index in [2.05, 4.69) is 31.9 Å². The molecule has 0 atom stereocenters. The molecule has 0 N–H and O–H groups in total. The molecule has 0 fully saturated rings. The van der Waals surface area contributed by atoms with Gasteiger partial charge in [-0.25, -0.2) is 4.39 Å². The third-order valence-corrected chi connectivity index (χ3v) is 3.89. The van der Waals surface area contributed by atoms with Crippen molar-refractivity contribution in [2.24, 2.45) is 0 Å². The second-order valence-electron chi connectivity index (χ2n) is 3.53. The van der Waals surface area contributed by atoms with E-state index in [9.17, 15) is 4.39 Å². The van der Waals surface area contributed by atoms with Crippen LogP contribution in [0, 0.1) is 5.82 Å². The first-order valence-corrected chi connectivity index (χ1v) is 7.37. The Labute approximate surface area is 126 Å². The molecule has 0 spiro atoms. The van der Waals surface area contributed by atoms with Crippen LogP contribution in [0.1, 0.15) is 5.56 Å². The minimum atomic E-state index is -0.366. The average Bonchev–Trinajstić information content (AvgIpc) is 2.34. The molecule has 0 radical (unpaired) electrons. The summed E-state index contributed by atoms with van der Waals surface area (Å²) in [5.41, 5.74) is 0.836. The summed E-state index contributed by atoms with van der Waals surface area (Å²) < 4.78 is 19.4. The van der Waals surface area contributed by atoms with E-state index in [0.29, 0.717) is 26.3 Å². The van der Waals surface area contributed by atoms with Crippen LogP contribution < -0.4 is 4.74 Å². The second kappa shape index (κ2) is 6.04. The quantitative estimate of drug-likeness (QED) is 0.587. The highest BCUT2D eigenvalue weighted by molar-refractivity contribution is 9.10.